The summed E-state index contributed by atoms with van der Waals surface area (Å²) in [4.78, 5) is 0. The molecule has 0 aromatic heterocycles. The lowest BCUT2D eigenvalue weighted by Gasteiger charge is -2.18. The largest absolute Gasteiger partial charge is 0.0988 e. The summed E-state index contributed by atoms with van der Waals surface area (Å²) in [5, 5.41) is 0. The summed E-state index contributed by atoms with van der Waals surface area (Å²) in [7, 11) is 0. The average Bonchev–Trinajstić information content (AvgIpc) is 2.27. The van der Waals surface area contributed by atoms with Gasteiger partial charge in [-0.25, -0.2) is 0 Å². The molecule has 0 unspecified atom stereocenters. The van der Waals surface area contributed by atoms with E-state index in [1.54, 1.807) is 5.57 Å². The van der Waals surface area contributed by atoms with E-state index in [9.17, 15) is 0 Å². The highest BCUT2D eigenvalue weighted by molar-refractivity contribution is 5.39. The molecule has 0 aliphatic carbocycles. The van der Waals surface area contributed by atoms with Crippen molar-refractivity contribution in [1.82, 2.24) is 0 Å². The van der Waals surface area contributed by atoms with Crippen molar-refractivity contribution in [2.75, 3.05) is 0 Å². The summed E-state index contributed by atoms with van der Waals surface area (Å²) in [6.45, 7) is 17.2. The molecule has 0 N–H and O–H groups in total. The Balaban J connectivity index is 5.17. The quantitative estimate of drug-likeness (QED) is 0.537. The van der Waals surface area contributed by atoms with Gasteiger partial charge in [0.25, 0.3) is 0 Å². The van der Waals surface area contributed by atoms with Gasteiger partial charge < -0.3 is 0 Å². The van der Waals surface area contributed by atoms with Crippen LogP contribution in [0.4, 0.5) is 0 Å². The van der Waals surface area contributed by atoms with Crippen molar-refractivity contribution in [3.63, 3.8) is 0 Å². The molecule has 0 heterocycles. The highest BCUT2D eigenvalue weighted by Gasteiger charge is 2.10. The minimum absolute atomic E-state index is 0.734. The smallest absolute Gasteiger partial charge is 0.0205 e. The molecule has 0 nitrogen and oxygen atoms in total. The molecule has 0 amide bonds. The minimum Gasteiger partial charge on any atom is -0.0988 e. The topological polar surface area (TPSA) is 0 Å². The van der Waals surface area contributed by atoms with Crippen LogP contribution in [0.1, 0.15) is 54.4 Å². The second-order valence-corrected chi connectivity index (χ2v) is 4.33. The van der Waals surface area contributed by atoms with Gasteiger partial charge in [0.2, 0.25) is 0 Å². The molecule has 0 fully saturated rings. The van der Waals surface area contributed by atoms with E-state index in [4.69, 9.17) is 0 Å². The molecule has 0 bridgehead atoms. The first-order valence-corrected chi connectivity index (χ1v) is 5.97. The molecule has 0 aliphatic rings. The molecule has 0 heteroatoms. The zero-order valence-corrected chi connectivity index (χ0v) is 11.3. The molecule has 0 spiro atoms. The maximum atomic E-state index is 3.83. The zero-order valence-electron chi connectivity index (χ0n) is 11.3. The van der Waals surface area contributed by atoms with Crippen LogP contribution < -0.4 is 0 Å². The molecule has 0 radical (unpaired) electrons. The molecular formula is C15H26. The van der Waals surface area contributed by atoms with E-state index in [0.717, 1.165) is 5.92 Å². The minimum atomic E-state index is 0.734. The van der Waals surface area contributed by atoms with Gasteiger partial charge in [-0.05, 0) is 63.2 Å². The van der Waals surface area contributed by atoms with Crippen LogP contribution >= 0.6 is 0 Å². The second-order valence-electron chi connectivity index (χ2n) is 4.33. The van der Waals surface area contributed by atoms with Crippen LogP contribution in [0.5, 0.6) is 0 Å². The molecule has 86 valence electrons. The second kappa shape index (κ2) is 6.66. The van der Waals surface area contributed by atoms with Crippen LogP contribution in [-0.2, 0) is 0 Å². The summed E-state index contributed by atoms with van der Waals surface area (Å²) >= 11 is 0. The molecule has 0 rings (SSSR count). The van der Waals surface area contributed by atoms with E-state index in [1.165, 1.54) is 29.6 Å². The first-order chi connectivity index (χ1) is 6.99. The third kappa shape index (κ3) is 3.70. The number of hydrogen-bond acceptors (Lipinski definition) is 0. The predicted octanol–water partition coefficient (Wildman–Crippen LogP) is 5.28. The number of allylic oxidation sites excluding steroid dienone is 5. The molecule has 0 aliphatic heterocycles. The zero-order chi connectivity index (χ0) is 12.0. The molecule has 0 aromatic carbocycles. The van der Waals surface area contributed by atoms with Crippen LogP contribution in [0.2, 0.25) is 0 Å². The first-order valence-electron chi connectivity index (χ1n) is 5.97. The summed E-state index contributed by atoms with van der Waals surface area (Å²) in [5.74, 6) is 0.734. The van der Waals surface area contributed by atoms with Crippen molar-refractivity contribution in [2.24, 2.45) is 5.92 Å². The lowest BCUT2D eigenvalue weighted by molar-refractivity contribution is 0.567. The summed E-state index contributed by atoms with van der Waals surface area (Å²) in [6.07, 6.45) is 4.42. The van der Waals surface area contributed by atoms with E-state index in [1.807, 2.05) is 6.08 Å². The van der Waals surface area contributed by atoms with E-state index in [2.05, 4.69) is 48.1 Å². The third-order valence-corrected chi connectivity index (χ3v) is 3.65. The van der Waals surface area contributed by atoms with Crippen molar-refractivity contribution in [1.29, 1.82) is 0 Å². The highest BCUT2D eigenvalue weighted by Crippen LogP contribution is 2.26. The Kier molecular flexibility index (Phi) is 6.31. The van der Waals surface area contributed by atoms with Gasteiger partial charge in [0.1, 0.15) is 0 Å². The van der Waals surface area contributed by atoms with E-state index >= 15 is 0 Å². The lowest BCUT2D eigenvalue weighted by atomic mass is 9.88. The van der Waals surface area contributed by atoms with Crippen LogP contribution in [0, 0.1) is 5.92 Å². The van der Waals surface area contributed by atoms with Gasteiger partial charge in [0.15, 0.2) is 0 Å². The third-order valence-electron chi connectivity index (χ3n) is 3.65. The fourth-order valence-corrected chi connectivity index (χ4v) is 1.95. The van der Waals surface area contributed by atoms with Crippen molar-refractivity contribution in [3.05, 3.63) is 34.9 Å². The van der Waals surface area contributed by atoms with Gasteiger partial charge in [-0.3, -0.25) is 0 Å². The predicted molar refractivity (Wildman–Crippen MR) is 71.0 cm³/mol. The Morgan fingerprint density at radius 1 is 1.00 bits per heavy atom. The van der Waals surface area contributed by atoms with E-state index < -0.39 is 0 Å². The SMILES string of the molecule is C=C/C(C)=C(C)\C(C)=C(/C)C(CC)CC. The average molecular weight is 206 g/mol. The van der Waals surface area contributed by atoms with Crippen molar-refractivity contribution in [2.45, 2.75) is 54.4 Å². The fraction of sp³-hybridized carbons (Fsp3) is 0.600. The fourth-order valence-electron chi connectivity index (χ4n) is 1.95. The molecule has 0 aromatic rings. The summed E-state index contributed by atoms with van der Waals surface area (Å²) in [6, 6.07) is 0. The Morgan fingerprint density at radius 2 is 1.47 bits per heavy atom. The number of hydrogen-bond donors (Lipinski definition) is 0. The Labute approximate surface area is 95.8 Å². The Morgan fingerprint density at radius 3 is 1.80 bits per heavy atom. The normalized spacial score (nSPS) is 14.9. The summed E-state index contributed by atoms with van der Waals surface area (Å²) in [5.41, 5.74) is 5.66. The van der Waals surface area contributed by atoms with Crippen LogP contribution in [-0.4, -0.2) is 0 Å². The van der Waals surface area contributed by atoms with Gasteiger partial charge in [-0.15, -0.1) is 0 Å². The highest BCUT2D eigenvalue weighted by atomic mass is 14.2. The van der Waals surface area contributed by atoms with Crippen LogP contribution in [0.3, 0.4) is 0 Å². The van der Waals surface area contributed by atoms with Crippen molar-refractivity contribution >= 4 is 0 Å². The van der Waals surface area contributed by atoms with Gasteiger partial charge in [-0.1, -0.05) is 32.1 Å². The molecule has 0 atom stereocenters. The molecule has 0 saturated heterocycles. The maximum Gasteiger partial charge on any atom is -0.0205 e. The van der Waals surface area contributed by atoms with Gasteiger partial charge in [0, 0.05) is 0 Å². The van der Waals surface area contributed by atoms with Gasteiger partial charge in [0.05, 0.1) is 0 Å². The van der Waals surface area contributed by atoms with E-state index in [-0.39, 0.29) is 0 Å². The number of rotatable bonds is 5. The van der Waals surface area contributed by atoms with Gasteiger partial charge >= 0.3 is 0 Å². The molecular weight excluding hydrogens is 180 g/mol. The van der Waals surface area contributed by atoms with E-state index in [0.29, 0.717) is 0 Å². The monoisotopic (exact) mass is 206 g/mol. The van der Waals surface area contributed by atoms with Gasteiger partial charge in [-0.2, -0.15) is 0 Å². The standard InChI is InChI=1S/C15H26/c1-8-11(4)12(5)13(6)14(7)15(9-2)10-3/h8,15H,1,9-10H2,2-7H3/b12-11-,14-13+. The Hall–Kier alpha value is -0.780. The summed E-state index contributed by atoms with van der Waals surface area (Å²) < 4.78 is 0. The molecule has 15 heavy (non-hydrogen) atoms. The van der Waals surface area contributed by atoms with Crippen LogP contribution in [0.15, 0.2) is 34.9 Å². The first kappa shape index (κ1) is 14.2. The van der Waals surface area contributed by atoms with Crippen molar-refractivity contribution in [3.8, 4) is 0 Å². The molecule has 0 saturated carbocycles. The Bertz CT molecular complexity index is 272. The van der Waals surface area contributed by atoms with Crippen LogP contribution in [0.25, 0.3) is 0 Å². The lowest BCUT2D eigenvalue weighted by Crippen LogP contribution is -2.02. The maximum absolute atomic E-state index is 3.83. The van der Waals surface area contributed by atoms with Crippen molar-refractivity contribution < 1.29 is 0 Å².